The molecule has 51 heavy (non-hydrogen) atoms. The summed E-state index contributed by atoms with van der Waals surface area (Å²) in [6, 6.07) is 22.8. The van der Waals surface area contributed by atoms with Crippen LogP contribution in [0.2, 0.25) is 0 Å². The van der Waals surface area contributed by atoms with E-state index in [0.717, 1.165) is 65.8 Å². The molecular formula is C40H36FN5O4S. The van der Waals surface area contributed by atoms with Gasteiger partial charge in [-0.2, -0.15) is 0 Å². The number of anilines is 4. The van der Waals surface area contributed by atoms with Crippen molar-refractivity contribution in [2.75, 3.05) is 53.3 Å². The molecule has 0 radical (unpaired) electrons. The summed E-state index contributed by atoms with van der Waals surface area (Å²) in [4.78, 5) is 50.6. The van der Waals surface area contributed by atoms with Gasteiger partial charge in [0.2, 0.25) is 0 Å². The highest BCUT2D eigenvalue weighted by Gasteiger charge is 2.47. The number of benzene rings is 3. The number of nitrogens with one attached hydrogen (secondary N) is 2. The van der Waals surface area contributed by atoms with Crippen LogP contribution in [0.5, 0.6) is 0 Å². The summed E-state index contributed by atoms with van der Waals surface area (Å²) in [5, 5.41) is 5.79. The van der Waals surface area contributed by atoms with Crippen molar-refractivity contribution in [2.45, 2.75) is 26.7 Å². The van der Waals surface area contributed by atoms with Gasteiger partial charge in [0.25, 0.3) is 17.7 Å². The van der Waals surface area contributed by atoms with Crippen LogP contribution in [0.3, 0.4) is 0 Å². The molecule has 5 heterocycles. The van der Waals surface area contributed by atoms with E-state index in [2.05, 4.69) is 20.5 Å². The second kappa shape index (κ2) is 13.1. The van der Waals surface area contributed by atoms with E-state index in [4.69, 9.17) is 4.74 Å². The third-order valence-electron chi connectivity index (χ3n) is 9.97. The molecule has 9 nitrogen and oxygen atoms in total. The first kappa shape index (κ1) is 32.8. The van der Waals surface area contributed by atoms with Crippen LogP contribution < -0.4 is 20.4 Å². The first-order chi connectivity index (χ1) is 24.7. The lowest BCUT2D eigenvalue weighted by molar-refractivity contribution is 0.0983. The number of amides is 3. The van der Waals surface area contributed by atoms with Crippen molar-refractivity contribution >= 4 is 51.9 Å². The summed E-state index contributed by atoms with van der Waals surface area (Å²) in [6.07, 6.45) is 3.38. The molecule has 3 aromatic carbocycles. The quantitative estimate of drug-likeness (QED) is 0.190. The summed E-state index contributed by atoms with van der Waals surface area (Å²) in [6.45, 7) is 7.33. The molecule has 1 spiro atoms. The topological polar surface area (TPSA) is 104 Å². The van der Waals surface area contributed by atoms with E-state index in [9.17, 15) is 18.8 Å². The monoisotopic (exact) mass is 701 g/mol. The van der Waals surface area contributed by atoms with Gasteiger partial charge in [-0.3, -0.25) is 14.4 Å². The Bertz CT molecular complexity index is 2170. The number of hydrogen-bond acceptors (Lipinski definition) is 7. The normalized spacial score (nSPS) is 15.8. The second-order valence-electron chi connectivity index (χ2n) is 13.6. The van der Waals surface area contributed by atoms with Crippen molar-refractivity contribution in [1.82, 2.24) is 4.98 Å². The Balaban J connectivity index is 0.985. The SMILES string of the molecule is Cc1cnc(N2CC3(CCOC3)C2)c(NC(=O)c2ccc(C(=O)N3CCc4cc(C(=O)Nc5c(C)cccc5F)sc4-c4ccccc43)cc2)c1. The Morgan fingerprint density at radius 3 is 2.47 bits per heavy atom. The largest absolute Gasteiger partial charge is 0.381 e. The van der Waals surface area contributed by atoms with Crippen molar-refractivity contribution in [3.8, 4) is 10.4 Å². The zero-order chi connectivity index (χ0) is 35.3. The van der Waals surface area contributed by atoms with Gasteiger partial charge in [0.05, 0.1) is 28.5 Å². The minimum absolute atomic E-state index is 0.170. The number of thiophene rings is 1. The first-order valence-electron chi connectivity index (χ1n) is 17.0. The summed E-state index contributed by atoms with van der Waals surface area (Å²) in [5.41, 5.74) is 6.00. The standard InChI is InChI=1S/C40H36FN5O4S/c1-24-18-31(36(42-20-24)45-21-40(22-45)15-17-50-23-40)43-37(47)26-10-12-27(13-11-26)39(49)46-16-14-28-19-33(51-35(28)29-7-3-4-9-32(29)46)38(48)44-34-25(2)6-5-8-30(34)41/h3-13,18-20H,14-17,21-23H2,1-2H3,(H,43,47)(H,44,48). The number of hydrogen-bond donors (Lipinski definition) is 2. The number of aryl methyl sites for hydroxylation is 2. The summed E-state index contributed by atoms with van der Waals surface area (Å²) in [7, 11) is 0. The number of carbonyl (C=O) groups excluding carboxylic acids is 3. The lowest BCUT2D eigenvalue weighted by Gasteiger charge is -2.48. The molecule has 0 unspecified atom stereocenters. The number of para-hydroxylation sites is 2. The highest BCUT2D eigenvalue weighted by Crippen LogP contribution is 2.43. The summed E-state index contributed by atoms with van der Waals surface area (Å²) in [5.74, 6) is -0.581. The van der Waals surface area contributed by atoms with Gasteiger partial charge in [-0.15, -0.1) is 11.3 Å². The van der Waals surface area contributed by atoms with E-state index < -0.39 is 5.82 Å². The van der Waals surface area contributed by atoms with E-state index in [-0.39, 0.29) is 28.8 Å². The molecule has 0 bridgehead atoms. The highest BCUT2D eigenvalue weighted by molar-refractivity contribution is 7.17. The molecule has 2 N–H and O–H groups in total. The van der Waals surface area contributed by atoms with Crippen LogP contribution in [0.4, 0.5) is 27.3 Å². The molecule has 2 aromatic heterocycles. The van der Waals surface area contributed by atoms with Gasteiger partial charge in [0.15, 0.2) is 5.82 Å². The maximum absolute atomic E-state index is 14.4. The van der Waals surface area contributed by atoms with Crippen molar-refractivity contribution in [2.24, 2.45) is 5.41 Å². The summed E-state index contributed by atoms with van der Waals surface area (Å²) < 4.78 is 20.1. The fraction of sp³-hybridized carbons (Fsp3) is 0.250. The smallest absolute Gasteiger partial charge is 0.265 e. The molecule has 3 aliphatic heterocycles. The van der Waals surface area contributed by atoms with Crippen molar-refractivity contribution in [1.29, 1.82) is 0 Å². The molecule has 0 saturated carbocycles. The first-order valence-corrected chi connectivity index (χ1v) is 17.8. The molecular weight excluding hydrogens is 666 g/mol. The predicted octanol–water partition coefficient (Wildman–Crippen LogP) is 7.50. The third kappa shape index (κ3) is 6.17. The van der Waals surface area contributed by atoms with E-state index in [1.807, 2.05) is 49.5 Å². The van der Waals surface area contributed by atoms with Crippen molar-refractivity contribution in [3.05, 3.63) is 124 Å². The zero-order valence-electron chi connectivity index (χ0n) is 28.3. The van der Waals surface area contributed by atoms with Gasteiger partial charge in [0, 0.05) is 59.4 Å². The van der Waals surface area contributed by atoms with Crippen LogP contribution in [0.25, 0.3) is 10.4 Å². The number of rotatable bonds is 6. The minimum Gasteiger partial charge on any atom is -0.381 e. The van der Waals surface area contributed by atoms with Crippen LogP contribution in [0.1, 0.15) is 53.5 Å². The molecule has 2 saturated heterocycles. The van der Waals surface area contributed by atoms with Crippen LogP contribution in [0, 0.1) is 25.1 Å². The van der Waals surface area contributed by atoms with E-state index in [1.165, 1.54) is 17.4 Å². The number of aromatic nitrogens is 1. The average molecular weight is 702 g/mol. The molecule has 8 rings (SSSR count). The highest BCUT2D eigenvalue weighted by atomic mass is 32.1. The Hall–Kier alpha value is -5.39. The number of carbonyl (C=O) groups is 3. The molecule has 0 aliphatic carbocycles. The Labute approximate surface area is 299 Å². The lowest BCUT2D eigenvalue weighted by Crippen LogP contribution is -2.57. The van der Waals surface area contributed by atoms with E-state index >= 15 is 0 Å². The van der Waals surface area contributed by atoms with Gasteiger partial charge in [-0.05, 0) is 91.9 Å². The number of fused-ring (bicyclic) bond motifs is 3. The molecule has 2 fully saturated rings. The fourth-order valence-corrected chi connectivity index (χ4v) is 8.36. The molecule has 3 aliphatic rings. The number of ether oxygens (including phenoxy) is 1. The van der Waals surface area contributed by atoms with Gasteiger partial charge >= 0.3 is 0 Å². The van der Waals surface area contributed by atoms with Gasteiger partial charge in [-0.1, -0.05) is 30.3 Å². The van der Waals surface area contributed by atoms with Crippen LogP contribution in [-0.2, 0) is 11.2 Å². The van der Waals surface area contributed by atoms with Gasteiger partial charge in [0.1, 0.15) is 5.82 Å². The van der Waals surface area contributed by atoms with Crippen LogP contribution in [0.15, 0.2) is 85.1 Å². The van der Waals surface area contributed by atoms with Gasteiger partial charge in [-0.25, -0.2) is 9.37 Å². The predicted molar refractivity (Wildman–Crippen MR) is 198 cm³/mol. The number of pyridine rings is 1. The number of nitrogens with zero attached hydrogens (tertiary/aromatic N) is 3. The minimum atomic E-state index is -0.484. The maximum Gasteiger partial charge on any atom is 0.265 e. The fourth-order valence-electron chi connectivity index (χ4n) is 7.22. The van der Waals surface area contributed by atoms with Crippen LogP contribution in [-0.4, -0.2) is 55.6 Å². The Kier molecular flexibility index (Phi) is 8.40. The van der Waals surface area contributed by atoms with E-state index in [0.29, 0.717) is 40.2 Å². The second-order valence-corrected chi connectivity index (χ2v) is 14.7. The number of halogens is 1. The molecule has 5 aromatic rings. The third-order valence-corrected chi connectivity index (χ3v) is 11.2. The molecule has 0 atom stereocenters. The molecule has 3 amide bonds. The van der Waals surface area contributed by atoms with Crippen LogP contribution >= 0.6 is 11.3 Å². The van der Waals surface area contributed by atoms with Crippen molar-refractivity contribution < 1.29 is 23.5 Å². The maximum atomic E-state index is 14.4. The van der Waals surface area contributed by atoms with Gasteiger partial charge < -0.3 is 25.2 Å². The average Bonchev–Trinajstić information content (AvgIpc) is 3.75. The Morgan fingerprint density at radius 1 is 0.922 bits per heavy atom. The lowest BCUT2D eigenvalue weighted by atomic mass is 9.79. The van der Waals surface area contributed by atoms with E-state index in [1.54, 1.807) is 48.2 Å². The zero-order valence-corrected chi connectivity index (χ0v) is 29.1. The summed E-state index contributed by atoms with van der Waals surface area (Å²) >= 11 is 1.33. The molecule has 258 valence electrons. The Morgan fingerprint density at radius 2 is 1.71 bits per heavy atom. The van der Waals surface area contributed by atoms with Crippen molar-refractivity contribution in [3.63, 3.8) is 0 Å². The molecule has 11 heteroatoms.